The molecule has 1 aromatic carbocycles. The van der Waals surface area contributed by atoms with Crippen molar-refractivity contribution in [1.29, 1.82) is 0 Å². The SMILES string of the molecule is CC[C@H]1CCC[C@H](O[C@H]2CC[C@H](N(C)C)C(C)O2)[C@@H](C)C(=O)C2=C[C@@H]3C(c4nc(Nc5cccc(C)c5)sc4C4C[C@@H](O[C@@H]5OC(C)[C@H](OC)C(OC)C5OC)C[C@H]43)[C@@H]2CC(=O)O1. The predicted octanol–water partition coefficient (Wildman–Crippen LogP) is 8.07. The number of hydrogen-bond donors (Lipinski definition) is 1. The Balaban J connectivity index is 1.13. The number of cyclic esters (lactones) is 1. The van der Waals surface area contributed by atoms with Crippen LogP contribution in [-0.4, -0.2) is 125 Å². The lowest BCUT2D eigenvalue weighted by atomic mass is 9.67. The molecule has 1 aromatic heterocycles. The fourth-order valence-corrected chi connectivity index (χ4v) is 13.2. The number of methoxy groups -OCH3 is 3. The highest BCUT2D eigenvalue weighted by Gasteiger charge is 2.57. The van der Waals surface area contributed by atoms with Gasteiger partial charge in [-0.3, -0.25) is 9.59 Å². The molecular weight excluding hydrogens is 823 g/mol. The van der Waals surface area contributed by atoms with Gasteiger partial charge in [0, 0.05) is 61.6 Å². The van der Waals surface area contributed by atoms with E-state index in [9.17, 15) is 4.79 Å². The number of nitrogens with one attached hydrogen (secondary N) is 1. The third-order valence-corrected chi connectivity index (χ3v) is 16.3. The minimum absolute atomic E-state index is 0.00633. The molecule has 6 unspecified atom stereocenters. The number of nitrogens with zero attached hydrogens (tertiary/aromatic N) is 2. The number of fused-ring (bicyclic) bond motifs is 8. The van der Waals surface area contributed by atoms with Crippen LogP contribution >= 0.6 is 11.3 Å². The first-order valence-electron chi connectivity index (χ1n) is 23.5. The third-order valence-electron chi connectivity index (χ3n) is 15.2. The van der Waals surface area contributed by atoms with Gasteiger partial charge >= 0.3 is 5.97 Å². The van der Waals surface area contributed by atoms with Crippen LogP contribution < -0.4 is 5.32 Å². The normalized spacial score (nSPS) is 39.6. The van der Waals surface area contributed by atoms with Gasteiger partial charge in [0.25, 0.3) is 0 Å². The maximum Gasteiger partial charge on any atom is 0.306 e. The van der Waals surface area contributed by atoms with Gasteiger partial charge < -0.3 is 48.1 Å². The number of carbonyl (C=O) groups is 2. The lowest BCUT2D eigenvalue weighted by molar-refractivity contribution is -0.314. The van der Waals surface area contributed by atoms with Crippen molar-refractivity contribution < 1.29 is 47.5 Å². The molecule has 8 rings (SSSR count). The van der Waals surface area contributed by atoms with Gasteiger partial charge in [-0.05, 0) is 121 Å². The zero-order valence-corrected chi connectivity index (χ0v) is 39.8. The van der Waals surface area contributed by atoms with Crippen LogP contribution in [0.15, 0.2) is 35.9 Å². The van der Waals surface area contributed by atoms with Crippen molar-refractivity contribution in [3.8, 4) is 0 Å². The number of esters is 1. The molecule has 1 N–H and O–H groups in total. The predicted molar refractivity (Wildman–Crippen MR) is 240 cm³/mol. The number of aryl methyl sites for hydroxylation is 1. The van der Waals surface area contributed by atoms with Crippen LogP contribution in [0.4, 0.5) is 10.8 Å². The fourth-order valence-electron chi connectivity index (χ4n) is 12.0. The van der Waals surface area contributed by atoms with E-state index in [0.29, 0.717) is 24.5 Å². The van der Waals surface area contributed by atoms with Crippen LogP contribution in [0, 0.1) is 30.6 Å². The number of benzene rings is 1. The first-order chi connectivity index (χ1) is 30.3. The van der Waals surface area contributed by atoms with Crippen molar-refractivity contribution in [2.75, 3.05) is 40.7 Å². The zero-order chi connectivity index (χ0) is 44.7. The molecule has 2 aromatic rings. The Bertz CT molecular complexity index is 1940. The molecule has 348 valence electrons. The second-order valence-electron chi connectivity index (χ2n) is 19.3. The van der Waals surface area contributed by atoms with Crippen molar-refractivity contribution in [3.05, 3.63) is 52.0 Å². The number of hydrogen-bond acceptors (Lipinski definition) is 14. The summed E-state index contributed by atoms with van der Waals surface area (Å²) in [5, 5.41) is 4.41. The molecule has 6 aliphatic rings. The minimum Gasteiger partial charge on any atom is -0.462 e. The van der Waals surface area contributed by atoms with E-state index < -0.39 is 24.2 Å². The van der Waals surface area contributed by atoms with Gasteiger partial charge in [0.05, 0.1) is 36.5 Å². The molecule has 14 heteroatoms. The number of Topliss-reactive ketones (excluding diaryl/α,β-unsaturated/α-hetero) is 1. The monoisotopic (exact) mass is 893 g/mol. The molecule has 4 heterocycles. The summed E-state index contributed by atoms with van der Waals surface area (Å²) in [5.74, 6) is -1.02. The van der Waals surface area contributed by atoms with E-state index in [-0.39, 0.29) is 90.9 Å². The van der Waals surface area contributed by atoms with Gasteiger partial charge in [-0.2, -0.15) is 0 Å². The van der Waals surface area contributed by atoms with Crippen LogP contribution in [0.2, 0.25) is 0 Å². The number of thiazole rings is 1. The van der Waals surface area contributed by atoms with Crippen molar-refractivity contribution >= 4 is 33.9 Å². The van der Waals surface area contributed by atoms with E-state index in [2.05, 4.69) is 69.4 Å². The molecule has 0 radical (unpaired) electrons. The number of allylic oxidation sites excluding steroid dienone is 2. The van der Waals surface area contributed by atoms with E-state index >= 15 is 4.79 Å². The highest BCUT2D eigenvalue weighted by atomic mass is 32.1. The van der Waals surface area contributed by atoms with Gasteiger partial charge in [-0.15, -0.1) is 11.3 Å². The van der Waals surface area contributed by atoms with Gasteiger partial charge in [0.15, 0.2) is 23.5 Å². The summed E-state index contributed by atoms with van der Waals surface area (Å²) >= 11 is 1.68. The highest BCUT2D eigenvalue weighted by Crippen LogP contribution is 2.63. The summed E-state index contributed by atoms with van der Waals surface area (Å²) in [6.07, 6.45) is 5.23. The topological polar surface area (TPSA) is 136 Å². The molecule has 0 bridgehead atoms. The van der Waals surface area contributed by atoms with Crippen molar-refractivity contribution in [2.45, 2.75) is 172 Å². The fraction of sp³-hybridized carbons (Fsp3) is 0.735. The number of ketones is 1. The molecule has 13 nitrogen and oxygen atoms in total. The summed E-state index contributed by atoms with van der Waals surface area (Å²) in [6, 6.07) is 8.60. The second-order valence-corrected chi connectivity index (χ2v) is 20.3. The standard InChI is InChI=1S/C49H71N3O10S/c1-11-30-16-13-17-38(62-40-19-18-37(52(6)7)27(4)58-40)26(3)43(54)35-23-33-32-21-31(61-48-46(57-10)45(56-9)44(55-8)28(5)59-48)22-36(32)47-42(41(33)34(35)24-39(53)60-30)51-49(63-47)50-29-15-12-14-25(2)20-29/h12,14-15,20,23,26-28,30-34,36-38,40-41,44-46,48H,11,13,16-19,21-22,24H2,1-10H3,(H,50,51)/t26-,27?,28?,30+,31+,32+,33+,34-,36?,37+,38+,40+,41?,44+,45?,46?,48+/m1/s1. The molecular formula is C49H71N3O10S. The van der Waals surface area contributed by atoms with E-state index in [4.69, 9.17) is 42.9 Å². The summed E-state index contributed by atoms with van der Waals surface area (Å²) in [7, 11) is 9.16. The van der Waals surface area contributed by atoms with Crippen molar-refractivity contribution in [1.82, 2.24) is 9.88 Å². The number of carbonyl (C=O) groups excluding carboxylic acids is 2. The molecule has 17 atom stereocenters. The Hall–Kier alpha value is -2.79. The summed E-state index contributed by atoms with van der Waals surface area (Å²) < 4.78 is 50.6. The second kappa shape index (κ2) is 20.0. The largest absolute Gasteiger partial charge is 0.462 e. The third kappa shape index (κ3) is 9.58. The Morgan fingerprint density at radius 3 is 2.38 bits per heavy atom. The quantitative estimate of drug-likeness (QED) is 0.218. The number of likely N-dealkylation sites (N-methyl/N-ethyl adjacent to an activating group) is 1. The summed E-state index contributed by atoms with van der Waals surface area (Å²) in [4.78, 5) is 38.1. The number of aromatic nitrogens is 1. The lowest BCUT2D eigenvalue weighted by Gasteiger charge is -2.44. The summed E-state index contributed by atoms with van der Waals surface area (Å²) in [6.45, 7) is 10.3. The van der Waals surface area contributed by atoms with Crippen LogP contribution in [0.3, 0.4) is 0 Å². The molecule has 63 heavy (non-hydrogen) atoms. The Labute approximate surface area is 378 Å². The first-order valence-corrected chi connectivity index (χ1v) is 24.3. The van der Waals surface area contributed by atoms with Crippen LogP contribution in [0.5, 0.6) is 0 Å². The van der Waals surface area contributed by atoms with Gasteiger partial charge in [-0.25, -0.2) is 4.98 Å². The molecule has 1 saturated carbocycles. The van der Waals surface area contributed by atoms with Crippen LogP contribution in [0.1, 0.15) is 113 Å². The maximum atomic E-state index is 15.2. The maximum absolute atomic E-state index is 15.2. The van der Waals surface area contributed by atoms with Crippen molar-refractivity contribution in [2.24, 2.45) is 23.7 Å². The van der Waals surface area contributed by atoms with E-state index in [0.717, 1.165) is 60.6 Å². The number of ether oxygens (including phenoxy) is 8. The van der Waals surface area contributed by atoms with Crippen molar-refractivity contribution in [3.63, 3.8) is 0 Å². The lowest BCUT2D eigenvalue weighted by Crippen LogP contribution is -2.59. The average Bonchev–Trinajstić information content (AvgIpc) is 3.97. The average molecular weight is 894 g/mol. The molecule has 0 spiro atoms. The molecule has 3 aliphatic heterocycles. The first kappa shape index (κ1) is 46.7. The van der Waals surface area contributed by atoms with E-state index in [1.54, 1.807) is 32.7 Å². The van der Waals surface area contributed by atoms with Gasteiger partial charge in [0.2, 0.25) is 0 Å². The number of rotatable bonds is 11. The van der Waals surface area contributed by atoms with E-state index in [1.165, 1.54) is 4.88 Å². The Morgan fingerprint density at radius 2 is 1.68 bits per heavy atom. The molecule has 3 saturated heterocycles. The highest BCUT2D eigenvalue weighted by molar-refractivity contribution is 7.15. The number of anilines is 2. The zero-order valence-electron chi connectivity index (χ0n) is 39.0. The van der Waals surface area contributed by atoms with Crippen LogP contribution in [-0.2, 0) is 47.5 Å². The smallest absolute Gasteiger partial charge is 0.306 e. The Kier molecular flexibility index (Phi) is 14.8. The Morgan fingerprint density at radius 1 is 0.905 bits per heavy atom. The van der Waals surface area contributed by atoms with Gasteiger partial charge in [-0.1, -0.05) is 32.1 Å². The van der Waals surface area contributed by atoms with Gasteiger partial charge in [0.1, 0.15) is 24.4 Å². The molecule has 0 amide bonds. The summed E-state index contributed by atoms with van der Waals surface area (Å²) in [5.41, 5.74) is 3.79. The van der Waals surface area contributed by atoms with Crippen LogP contribution in [0.25, 0.3) is 0 Å². The molecule has 3 aliphatic carbocycles. The molecule has 4 fully saturated rings. The minimum atomic E-state index is -0.663. The van der Waals surface area contributed by atoms with E-state index in [1.807, 2.05) is 19.9 Å².